The summed E-state index contributed by atoms with van der Waals surface area (Å²) in [5.74, 6) is -1.56. The van der Waals surface area contributed by atoms with Crippen molar-refractivity contribution < 1.29 is 49.3 Å². The Morgan fingerprint density at radius 2 is 1.64 bits per heavy atom. The third kappa shape index (κ3) is 4.13. The average molecular weight is 642 g/mol. The summed E-state index contributed by atoms with van der Waals surface area (Å²) < 4.78 is 18.7. The lowest BCUT2D eigenvalue weighted by Crippen LogP contribution is -2.33. The van der Waals surface area contributed by atoms with Gasteiger partial charge in [0.2, 0.25) is 5.95 Å². The minimum absolute atomic E-state index is 0.0152. The highest BCUT2D eigenvalue weighted by atomic mass is 16.6. The van der Waals surface area contributed by atoms with Crippen molar-refractivity contribution in [2.45, 2.75) is 30.1 Å². The topological polar surface area (TPSA) is 239 Å². The number of anilines is 1. The molecular formula is C31H23N5O11. The van der Waals surface area contributed by atoms with Crippen LogP contribution >= 0.6 is 0 Å². The molecule has 0 unspecified atom stereocenters. The molecule has 1 fully saturated rings. The van der Waals surface area contributed by atoms with Crippen LogP contribution in [0.1, 0.15) is 43.6 Å². The van der Waals surface area contributed by atoms with E-state index in [0.717, 1.165) is 0 Å². The highest BCUT2D eigenvalue weighted by Crippen LogP contribution is 2.57. The van der Waals surface area contributed by atoms with Crippen molar-refractivity contribution in [2.75, 3.05) is 11.9 Å². The maximum absolute atomic E-state index is 13.4. The molecule has 2 aromatic heterocycles. The number of hydrogen-bond donors (Lipinski definition) is 7. The van der Waals surface area contributed by atoms with Crippen LogP contribution in [0.2, 0.25) is 0 Å². The molecule has 16 heteroatoms. The number of aromatic hydroxyl groups is 2. The Kier molecular flexibility index (Phi) is 6.15. The zero-order chi connectivity index (χ0) is 32.8. The van der Waals surface area contributed by atoms with E-state index in [-0.39, 0.29) is 51.2 Å². The van der Waals surface area contributed by atoms with Gasteiger partial charge < -0.3 is 39.7 Å². The van der Waals surface area contributed by atoms with E-state index in [1.54, 1.807) is 18.2 Å². The Morgan fingerprint density at radius 1 is 0.957 bits per heavy atom. The lowest BCUT2D eigenvalue weighted by Gasteiger charge is -2.36. The van der Waals surface area contributed by atoms with Crippen molar-refractivity contribution in [1.29, 1.82) is 0 Å². The molecule has 5 heterocycles. The van der Waals surface area contributed by atoms with E-state index in [4.69, 9.17) is 14.2 Å². The van der Waals surface area contributed by atoms with Crippen molar-refractivity contribution in [3.8, 4) is 23.0 Å². The Balaban J connectivity index is 1.15. The lowest BCUT2D eigenvalue weighted by molar-refractivity contribution is -0.0511. The maximum atomic E-state index is 13.4. The number of hydrogen-bond acceptors (Lipinski definition) is 13. The SMILES string of the molecule is O=C(Nc1nc2c(ncn2[C@@H]2O[C@H](CO)[C@@H](O)[C@H]2O)c(=O)[nH]1)c1ccc2c(c1)C(=O)OC21c2ccc(O)cc2Oc2cc(O)ccc21. The van der Waals surface area contributed by atoms with Gasteiger partial charge in [-0.25, -0.2) is 9.78 Å². The van der Waals surface area contributed by atoms with E-state index in [0.29, 0.717) is 16.7 Å². The van der Waals surface area contributed by atoms with Crippen molar-refractivity contribution in [3.63, 3.8) is 0 Å². The summed E-state index contributed by atoms with van der Waals surface area (Å²) in [4.78, 5) is 50.3. The summed E-state index contributed by atoms with van der Waals surface area (Å²) >= 11 is 0. The van der Waals surface area contributed by atoms with Gasteiger partial charge in [-0.05, 0) is 36.4 Å². The van der Waals surface area contributed by atoms with Crippen LogP contribution in [-0.4, -0.2) is 81.8 Å². The number of carbonyl (C=O) groups excluding carboxylic acids is 2. The summed E-state index contributed by atoms with van der Waals surface area (Å²) in [6, 6.07) is 13.0. The molecule has 1 amide bonds. The number of H-pyrrole nitrogens is 1. The van der Waals surface area contributed by atoms with Crippen LogP contribution in [0.15, 0.2) is 65.7 Å². The highest BCUT2D eigenvalue weighted by molar-refractivity contribution is 6.06. The van der Waals surface area contributed by atoms with E-state index < -0.39 is 54.2 Å². The molecular weight excluding hydrogens is 618 g/mol. The number of ether oxygens (including phenoxy) is 3. The summed E-state index contributed by atoms with van der Waals surface area (Å²) in [6.45, 7) is -0.563. The number of aliphatic hydroxyl groups is 3. The Labute approximate surface area is 262 Å². The van der Waals surface area contributed by atoms with E-state index in [2.05, 4.69) is 20.3 Å². The molecule has 5 aromatic rings. The van der Waals surface area contributed by atoms with Gasteiger partial charge in [0.15, 0.2) is 23.0 Å². The molecule has 3 aliphatic rings. The molecule has 3 aromatic carbocycles. The fourth-order valence-electron chi connectivity index (χ4n) is 6.31. The molecule has 7 N–H and O–H groups in total. The second-order valence-corrected chi connectivity index (χ2v) is 11.2. The molecule has 0 saturated carbocycles. The molecule has 3 aliphatic heterocycles. The number of aromatic amines is 1. The number of esters is 1. The van der Waals surface area contributed by atoms with Gasteiger partial charge in [-0.1, -0.05) is 6.07 Å². The first-order valence-electron chi connectivity index (χ1n) is 14.2. The number of aromatic nitrogens is 4. The highest BCUT2D eigenvalue weighted by Gasteiger charge is 2.54. The summed E-state index contributed by atoms with van der Waals surface area (Å²) in [7, 11) is 0. The first-order chi connectivity index (χ1) is 22.6. The Bertz CT molecular complexity index is 2160. The van der Waals surface area contributed by atoms with Crippen molar-refractivity contribution in [2.24, 2.45) is 0 Å². The number of fused-ring (bicyclic) bond motifs is 7. The number of amides is 1. The number of aliphatic hydroxyl groups excluding tert-OH is 3. The fourth-order valence-corrected chi connectivity index (χ4v) is 6.31. The smallest absolute Gasteiger partial charge is 0.340 e. The molecule has 0 aliphatic carbocycles. The number of imidazole rings is 1. The van der Waals surface area contributed by atoms with Crippen LogP contribution in [-0.2, 0) is 15.1 Å². The minimum Gasteiger partial charge on any atom is -0.508 e. The third-order valence-corrected chi connectivity index (χ3v) is 8.49. The number of phenols is 2. The van der Waals surface area contributed by atoms with Gasteiger partial charge >= 0.3 is 5.97 Å². The van der Waals surface area contributed by atoms with Crippen LogP contribution in [0.4, 0.5) is 5.95 Å². The summed E-state index contributed by atoms with van der Waals surface area (Å²) in [5, 5.41) is 52.8. The van der Waals surface area contributed by atoms with Gasteiger partial charge in [0, 0.05) is 34.4 Å². The molecule has 0 radical (unpaired) electrons. The first kappa shape index (κ1) is 28.6. The molecule has 1 spiro atoms. The number of benzene rings is 3. The van der Waals surface area contributed by atoms with E-state index >= 15 is 0 Å². The molecule has 16 nitrogen and oxygen atoms in total. The van der Waals surface area contributed by atoms with E-state index in [1.165, 1.54) is 47.3 Å². The van der Waals surface area contributed by atoms with Crippen LogP contribution < -0.4 is 15.6 Å². The number of phenolic OH excluding ortho intramolecular Hbond substituents is 2. The van der Waals surface area contributed by atoms with Crippen LogP contribution in [0.3, 0.4) is 0 Å². The van der Waals surface area contributed by atoms with Gasteiger partial charge in [-0.3, -0.25) is 24.5 Å². The predicted molar refractivity (Wildman–Crippen MR) is 157 cm³/mol. The number of nitrogens with zero attached hydrogens (tertiary/aromatic N) is 3. The van der Waals surface area contributed by atoms with Crippen molar-refractivity contribution in [1.82, 2.24) is 19.5 Å². The van der Waals surface area contributed by atoms with Crippen LogP contribution in [0.5, 0.6) is 23.0 Å². The minimum atomic E-state index is -1.52. The van der Waals surface area contributed by atoms with Gasteiger partial charge in [0.05, 0.1) is 18.5 Å². The third-order valence-electron chi connectivity index (χ3n) is 8.49. The summed E-state index contributed by atoms with van der Waals surface area (Å²) in [6.07, 6.45) is -4.01. The molecule has 238 valence electrons. The van der Waals surface area contributed by atoms with E-state index in [1.807, 2.05) is 0 Å². The average Bonchev–Trinajstić information content (AvgIpc) is 3.69. The van der Waals surface area contributed by atoms with Crippen LogP contribution in [0.25, 0.3) is 11.2 Å². The number of nitrogens with one attached hydrogen (secondary N) is 2. The first-order valence-corrected chi connectivity index (χ1v) is 14.2. The molecule has 0 bridgehead atoms. The second kappa shape index (κ2) is 10.1. The van der Waals surface area contributed by atoms with Crippen LogP contribution in [0, 0.1) is 0 Å². The standard InChI is InChI=1S/C31H23N5O11/c37-10-21-23(40)24(41)28(46-21)36-11-32-22-25(36)33-30(35-27(22)43)34-26(42)12-1-4-16-15(7-12)29(44)47-31(16)17-5-2-13(38)8-19(17)45-20-9-14(39)3-6-18(20)31/h1-9,11,21,23-24,28,37-41H,10H2,(H2,33,34,35,42,43)/t21-,23-,24-,28-/m1/s1. The molecule has 4 atom stereocenters. The predicted octanol–water partition coefficient (Wildman–Crippen LogP) is 0.963. The monoisotopic (exact) mass is 641 g/mol. The van der Waals surface area contributed by atoms with Crippen molar-refractivity contribution >= 4 is 29.0 Å². The van der Waals surface area contributed by atoms with Gasteiger partial charge in [-0.2, -0.15) is 4.98 Å². The Hall–Kier alpha value is -5.81. The normalized spacial score (nSPS) is 22.0. The second-order valence-electron chi connectivity index (χ2n) is 11.2. The Morgan fingerprint density at radius 3 is 2.30 bits per heavy atom. The van der Waals surface area contributed by atoms with E-state index in [9.17, 15) is 39.9 Å². The zero-order valence-corrected chi connectivity index (χ0v) is 23.8. The van der Waals surface area contributed by atoms with Gasteiger partial charge in [-0.15, -0.1) is 0 Å². The zero-order valence-electron chi connectivity index (χ0n) is 23.8. The molecule has 47 heavy (non-hydrogen) atoms. The largest absolute Gasteiger partial charge is 0.508 e. The van der Waals surface area contributed by atoms with Crippen molar-refractivity contribution in [3.05, 3.63) is 99.1 Å². The fraction of sp³-hybridized carbons (Fsp3) is 0.194. The molecule has 8 rings (SSSR count). The maximum Gasteiger partial charge on any atom is 0.340 e. The number of carbonyl (C=O) groups is 2. The number of rotatable bonds is 4. The van der Waals surface area contributed by atoms with Gasteiger partial charge in [0.25, 0.3) is 11.5 Å². The summed E-state index contributed by atoms with van der Waals surface area (Å²) in [5.41, 5.74) is -1.15. The quantitative estimate of drug-likeness (QED) is 0.136. The van der Waals surface area contributed by atoms with Gasteiger partial charge in [0.1, 0.15) is 41.3 Å². The lowest BCUT2D eigenvalue weighted by atomic mass is 9.77. The molecule has 1 saturated heterocycles.